The summed E-state index contributed by atoms with van der Waals surface area (Å²) >= 11 is 5.27. The lowest BCUT2D eigenvalue weighted by molar-refractivity contribution is 0.577. The van der Waals surface area contributed by atoms with E-state index in [1.54, 1.807) is 11.3 Å². The molecule has 0 aliphatic rings. The molecule has 1 unspecified atom stereocenters. The molecule has 0 bridgehead atoms. The van der Waals surface area contributed by atoms with E-state index >= 15 is 0 Å². The van der Waals surface area contributed by atoms with Crippen LogP contribution in [0.1, 0.15) is 24.1 Å². The van der Waals surface area contributed by atoms with Crippen molar-refractivity contribution in [3.8, 4) is 0 Å². The maximum atomic E-state index is 3.55. The van der Waals surface area contributed by atoms with Crippen molar-refractivity contribution in [2.45, 2.75) is 19.4 Å². The van der Waals surface area contributed by atoms with Crippen molar-refractivity contribution in [2.24, 2.45) is 0 Å². The molecule has 1 nitrogen and oxygen atoms in total. The summed E-state index contributed by atoms with van der Waals surface area (Å²) in [6.07, 6.45) is 1.10. The van der Waals surface area contributed by atoms with Gasteiger partial charge in [0.05, 0.1) is 0 Å². The number of hydrogen-bond acceptors (Lipinski definition) is 2. The molecule has 1 heterocycles. The van der Waals surface area contributed by atoms with Crippen LogP contribution in [0, 0.1) is 0 Å². The topological polar surface area (TPSA) is 12.0 Å². The molecule has 0 aliphatic heterocycles. The van der Waals surface area contributed by atoms with Gasteiger partial charge in [0.2, 0.25) is 0 Å². The van der Waals surface area contributed by atoms with Gasteiger partial charge in [0, 0.05) is 10.5 Å². The van der Waals surface area contributed by atoms with E-state index in [0.29, 0.717) is 6.04 Å². The fraction of sp³-hybridized carbons (Fsp3) is 0.286. The molecule has 0 fully saturated rings. The number of nitrogens with one attached hydrogen (secondary N) is 1. The Hall–Kier alpha value is -0.640. The summed E-state index contributed by atoms with van der Waals surface area (Å²) in [6, 6.07) is 11.1. The van der Waals surface area contributed by atoms with E-state index in [2.05, 4.69) is 69.3 Å². The van der Waals surface area contributed by atoms with Gasteiger partial charge in [-0.1, -0.05) is 28.1 Å². The van der Waals surface area contributed by atoms with E-state index in [-0.39, 0.29) is 0 Å². The summed E-state index contributed by atoms with van der Waals surface area (Å²) in [5, 5.41) is 7.89. The van der Waals surface area contributed by atoms with Gasteiger partial charge in [-0.2, -0.15) is 11.3 Å². The van der Waals surface area contributed by atoms with Crippen LogP contribution in [0.25, 0.3) is 0 Å². The summed E-state index contributed by atoms with van der Waals surface area (Å²) in [7, 11) is 0. The average molecular weight is 310 g/mol. The van der Waals surface area contributed by atoms with Crippen molar-refractivity contribution in [3.63, 3.8) is 0 Å². The van der Waals surface area contributed by atoms with Crippen molar-refractivity contribution in [1.29, 1.82) is 0 Å². The summed E-state index contributed by atoms with van der Waals surface area (Å²) in [4.78, 5) is 0. The quantitative estimate of drug-likeness (QED) is 0.863. The lowest BCUT2D eigenvalue weighted by Crippen LogP contribution is -2.21. The maximum Gasteiger partial charge on any atom is 0.0292 e. The SMILES string of the molecule is CC(NCCc1ccsc1)c1cccc(Br)c1. The van der Waals surface area contributed by atoms with Gasteiger partial charge < -0.3 is 5.32 Å². The summed E-state index contributed by atoms with van der Waals surface area (Å²) in [6.45, 7) is 3.22. The van der Waals surface area contributed by atoms with Crippen LogP contribution in [-0.2, 0) is 6.42 Å². The predicted octanol–water partition coefficient (Wildman–Crippen LogP) is 4.40. The highest BCUT2D eigenvalue weighted by Crippen LogP contribution is 2.17. The molecule has 0 aliphatic carbocycles. The third kappa shape index (κ3) is 3.95. The van der Waals surface area contributed by atoms with Gasteiger partial charge in [-0.05, 0) is 60.0 Å². The highest BCUT2D eigenvalue weighted by atomic mass is 79.9. The van der Waals surface area contributed by atoms with Crippen LogP contribution in [-0.4, -0.2) is 6.54 Å². The first-order valence-electron chi connectivity index (χ1n) is 5.75. The Kier molecular flexibility index (Phi) is 4.77. The van der Waals surface area contributed by atoms with Gasteiger partial charge in [-0.3, -0.25) is 0 Å². The Labute approximate surface area is 115 Å². The molecule has 17 heavy (non-hydrogen) atoms. The van der Waals surface area contributed by atoms with Crippen molar-refractivity contribution < 1.29 is 0 Å². The fourth-order valence-electron chi connectivity index (χ4n) is 1.76. The van der Waals surface area contributed by atoms with E-state index in [4.69, 9.17) is 0 Å². The molecule has 0 saturated carbocycles. The van der Waals surface area contributed by atoms with Crippen LogP contribution in [0.3, 0.4) is 0 Å². The molecule has 3 heteroatoms. The van der Waals surface area contributed by atoms with Crippen molar-refractivity contribution in [2.75, 3.05) is 6.54 Å². The normalized spacial score (nSPS) is 12.6. The number of thiophene rings is 1. The van der Waals surface area contributed by atoms with Crippen LogP contribution in [0.15, 0.2) is 45.6 Å². The molecule has 0 amide bonds. The Bertz CT molecular complexity index is 453. The Morgan fingerprint density at radius 2 is 2.24 bits per heavy atom. The molecular weight excluding hydrogens is 294 g/mol. The molecule has 0 radical (unpaired) electrons. The zero-order chi connectivity index (χ0) is 12.1. The Morgan fingerprint density at radius 1 is 1.35 bits per heavy atom. The van der Waals surface area contributed by atoms with Gasteiger partial charge in [0.15, 0.2) is 0 Å². The van der Waals surface area contributed by atoms with Crippen molar-refractivity contribution in [3.05, 3.63) is 56.7 Å². The standard InChI is InChI=1S/C14H16BrNS/c1-11(13-3-2-4-14(15)9-13)16-7-5-12-6-8-17-10-12/h2-4,6,8-11,16H,5,7H2,1H3. The third-order valence-corrected chi connectivity index (χ3v) is 4.02. The van der Waals surface area contributed by atoms with E-state index in [0.717, 1.165) is 17.4 Å². The first-order valence-corrected chi connectivity index (χ1v) is 7.49. The summed E-state index contributed by atoms with van der Waals surface area (Å²) in [5.74, 6) is 0. The minimum Gasteiger partial charge on any atom is -0.310 e. The summed E-state index contributed by atoms with van der Waals surface area (Å²) in [5.41, 5.74) is 2.74. The lowest BCUT2D eigenvalue weighted by atomic mass is 10.1. The molecule has 1 N–H and O–H groups in total. The second-order valence-corrected chi connectivity index (χ2v) is 5.81. The largest absolute Gasteiger partial charge is 0.310 e. The van der Waals surface area contributed by atoms with Crippen LogP contribution in [0.4, 0.5) is 0 Å². The molecule has 0 saturated heterocycles. The van der Waals surface area contributed by atoms with Crippen molar-refractivity contribution in [1.82, 2.24) is 5.32 Å². The second kappa shape index (κ2) is 6.34. The average Bonchev–Trinajstić information content (AvgIpc) is 2.82. The Balaban J connectivity index is 1.83. The van der Waals surface area contributed by atoms with E-state index in [1.807, 2.05) is 0 Å². The molecule has 0 spiro atoms. The minimum atomic E-state index is 0.395. The molecule has 1 atom stereocenters. The number of benzene rings is 1. The number of hydrogen-bond donors (Lipinski definition) is 1. The summed E-state index contributed by atoms with van der Waals surface area (Å²) < 4.78 is 1.14. The number of halogens is 1. The number of rotatable bonds is 5. The van der Waals surface area contributed by atoms with Gasteiger partial charge in [0.25, 0.3) is 0 Å². The lowest BCUT2D eigenvalue weighted by Gasteiger charge is -2.14. The maximum absolute atomic E-state index is 3.55. The van der Waals surface area contributed by atoms with Gasteiger partial charge >= 0.3 is 0 Å². The zero-order valence-electron chi connectivity index (χ0n) is 9.82. The molecule has 2 aromatic rings. The predicted molar refractivity (Wildman–Crippen MR) is 78.6 cm³/mol. The highest BCUT2D eigenvalue weighted by Gasteiger charge is 2.04. The van der Waals surface area contributed by atoms with Crippen LogP contribution in [0.2, 0.25) is 0 Å². The van der Waals surface area contributed by atoms with Crippen molar-refractivity contribution >= 4 is 27.3 Å². The second-order valence-electron chi connectivity index (χ2n) is 4.11. The Morgan fingerprint density at radius 3 is 2.94 bits per heavy atom. The minimum absolute atomic E-state index is 0.395. The third-order valence-electron chi connectivity index (χ3n) is 2.79. The molecule has 2 rings (SSSR count). The van der Waals surface area contributed by atoms with Crippen LogP contribution >= 0.6 is 27.3 Å². The zero-order valence-corrected chi connectivity index (χ0v) is 12.2. The van der Waals surface area contributed by atoms with E-state index < -0.39 is 0 Å². The van der Waals surface area contributed by atoms with Gasteiger partial charge in [0.1, 0.15) is 0 Å². The monoisotopic (exact) mass is 309 g/mol. The molecular formula is C14H16BrNS. The van der Waals surface area contributed by atoms with Crippen LogP contribution < -0.4 is 5.32 Å². The first-order chi connectivity index (χ1) is 8.25. The fourth-order valence-corrected chi connectivity index (χ4v) is 2.88. The van der Waals surface area contributed by atoms with E-state index in [1.165, 1.54) is 11.1 Å². The highest BCUT2D eigenvalue weighted by molar-refractivity contribution is 9.10. The van der Waals surface area contributed by atoms with Gasteiger partial charge in [-0.25, -0.2) is 0 Å². The van der Waals surface area contributed by atoms with Gasteiger partial charge in [-0.15, -0.1) is 0 Å². The smallest absolute Gasteiger partial charge is 0.0292 e. The van der Waals surface area contributed by atoms with E-state index in [9.17, 15) is 0 Å². The molecule has 1 aromatic heterocycles. The molecule has 1 aromatic carbocycles. The van der Waals surface area contributed by atoms with Crippen LogP contribution in [0.5, 0.6) is 0 Å². The first kappa shape index (κ1) is 12.8. The molecule has 90 valence electrons.